The van der Waals surface area contributed by atoms with E-state index in [0.717, 1.165) is 23.4 Å². The van der Waals surface area contributed by atoms with Crippen LogP contribution in [0.1, 0.15) is 36.8 Å². The Morgan fingerprint density at radius 2 is 2.17 bits per heavy atom. The summed E-state index contributed by atoms with van der Waals surface area (Å²) in [5.74, 6) is 3.53. The van der Waals surface area contributed by atoms with Crippen molar-refractivity contribution < 1.29 is 4.42 Å². The molecule has 1 aromatic heterocycles. The Morgan fingerprint density at radius 1 is 1.42 bits per heavy atom. The second-order valence-electron chi connectivity index (χ2n) is 4.11. The number of hydrogen-bond donors (Lipinski definition) is 0. The zero-order valence-corrected chi connectivity index (χ0v) is 7.29. The quantitative estimate of drug-likeness (QED) is 0.635. The number of nitrogens with zero attached hydrogens (tertiary/aromatic N) is 1. The van der Waals surface area contributed by atoms with E-state index < -0.39 is 0 Å². The molecule has 12 heavy (non-hydrogen) atoms. The van der Waals surface area contributed by atoms with Gasteiger partial charge in [0.05, 0.1) is 5.69 Å². The van der Waals surface area contributed by atoms with Gasteiger partial charge >= 0.3 is 0 Å². The number of aryl methyl sites for hydroxylation is 1. The highest BCUT2D eigenvalue weighted by molar-refractivity contribution is 5.16. The number of hydrogen-bond acceptors (Lipinski definition) is 2. The van der Waals surface area contributed by atoms with Gasteiger partial charge in [-0.05, 0) is 31.6 Å². The molecule has 0 bridgehead atoms. The van der Waals surface area contributed by atoms with Gasteiger partial charge in [-0.1, -0.05) is 6.42 Å². The molecule has 1 unspecified atom stereocenters. The summed E-state index contributed by atoms with van der Waals surface area (Å²) in [6.45, 7) is 1.99. The van der Waals surface area contributed by atoms with E-state index in [1.54, 1.807) is 6.26 Å². The van der Waals surface area contributed by atoms with Crippen LogP contribution in [-0.4, -0.2) is 4.98 Å². The van der Waals surface area contributed by atoms with E-state index in [1.165, 1.54) is 19.3 Å². The van der Waals surface area contributed by atoms with Crippen LogP contribution in [0, 0.1) is 18.8 Å². The maximum Gasteiger partial charge on any atom is 0.197 e. The van der Waals surface area contributed by atoms with Crippen molar-refractivity contribution in [3.8, 4) is 0 Å². The normalized spacial score (nSPS) is 38.2. The molecule has 3 atom stereocenters. The van der Waals surface area contributed by atoms with Gasteiger partial charge in [0.1, 0.15) is 6.26 Å². The molecule has 3 rings (SSSR count). The fraction of sp³-hybridized carbons (Fsp3) is 0.700. The Balaban J connectivity index is 1.84. The van der Waals surface area contributed by atoms with Crippen molar-refractivity contribution in [1.29, 1.82) is 0 Å². The maximum atomic E-state index is 5.41. The van der Waals surface area contributed by atoms with E-state index in [-0.39, 0.29) is 0 Å². The fourth-order valence-electron chi connectivity index (χ4n) is 2.71. The summed E-state index contributed by atoms with van der Waals surface area (Å²) in [5, 5.41) is 0. The molecule has 2 aliphatic rings. The molecule has 0 saturated heterocycles. The van der Waals surface area contributed by atoms with Crippen LogP contribution in [0.5, 0.6) is 0 Å². The molecule has 0 radical (unpaired) electrons. The van der Waals surface area contributed by atoms with Crippen LogP contribution < -0.4 is 0 Å². The highest BCUT2D eigenvalue weighted by Gasteiger charge is 2.55. The van der Waals surface area contributed by atoms with Gasteiger partial charge in [-0.15, -0.1) is 0 Å². The molecule has 1 heterocycles. The SMILES string of the molecule is Cc1coc(C2[C@H]3CCC[C@@H]23)n1. The maximum absolute atomic E-state index is 5.41. The van der Waals surface area contributed by atoms with E-state index in [9.17, 15) is 0 Å². The standard InChI is InChI=1S/C10H13NO/c1-6-5-12-10(11-6)9-7-3-2-4-8(7)9/h5,7-9H,2-4H2,1H3/t7-,8+,9?. The summed E-state index contributed by atoms with van der Waals surface area (Å²) in [6, 6.07) is 0. The van der Waals surface area contributed by atoms with Gasteiger partial charge in [0.2, 0.25) is 0 Å². The smallest absolute Gasteiger partial charge is 0.197 e. The Kier molecular flexibility index (Phi) is 1.18. The molecule has 2 aliphatic carbocycles. The lowest BCUT2D eigenvalue weighted by Gasteiger charge is -1.95. The zero-order chi connectivity index (χ0) is 8.13. The molecule has 0 aromatic carbocycles. The van der Waals surface area contributed by atoms with Crippen molar-refractivity contribution in [2.45, 2.75) is 32.1 Å². The molecular weight excluding hydrogens is 150 g/mol. The lowest BCUT2D eigenvalue weighted by Crippen LogP contribution is -1.87. The Labute approximate surface area is 72.0 Å². The van der Waals surface area contributed by atoms with Crippen LogP contribution in [0.25, 0.3) is 0 Å². The van der Waals surface area contributed by atoms with Crippen molar-refractivity contribution in [1.82, 2.24) is 4.98 Å². The lowest BCUT2D eigenvalue weighted by molar-refractivity contribution is 0.470. The summed E-state index contributed by atoms with van der Waals surface area (Å²) in [7, 11) is 0. The minimum atomic E-state index is 0.687. The molecule has 0 aliphatic heterocycles. The first-order chi connectivity index (χ1) is 5.86. The first-order valence-electron chi connectivity index (χ1n) is 4.78. The molecule has 2 nitrogen and oxygen atoms in total. The summed E-state index contributed by atoms with van der Waals surface area (Å²) < 4.78 is 5.41. The van der Waals surface area contributed by atoms with E-state index in [2.05, 4.69) is 4.98 Å². The summed E-state index contributed by atoms with van der Waals surface area (Å²) in [6.07, 6.45) is 5.99. The minimum Gasteiger partial charge on any atom is -0.448 e. The number of rotatable bonds is 1. The first kappa shape index (κ1) is 6.70. The van der Waals surface area contributed by atoms with E-state index in [1.807, 2.05) is 6.92 Å². The Bertz CT molecular complexity index is 295. The number of oxazole rings is 1. The predicted octanol–water partition coefficient (Wildman–Crippen LogP) is 2.50. The molecule has 0 N–H and O–H groups in total. The average Bonchev–Trinajstić information content (AvgIpc) is 2.55. The minimum absolute atomic E-state index is 0.687. The third-order valence-corrected chi connectivity index (χ3v) is 3.33. The van der Waals surface area contributed by atoms with Crippen LogP contribution in [0.4, 0.5) is 0 Å². The van der Waals surface area contributed by atoms with Gasteiger partial charge in [0.15, 0.2) is 5.89 Å². The van der Waals surface area contributed by atoms with Crippen LogP contribution in [0.3, 0.4) is 0 Å². The van der Waals surface area contributed by atoms with E-state index >= 15 is 0 Å². The van der Waals surface area contributed by atoms with Crippen molar-refractivity contribution >= 4 is 0 Å². The van der Waals surface area contributed by atoms with Crippen LogP contribution >= 0.6 is 0 Å². The second kappa shape index (κ2) is 2.12. The van der Waals surface area contributed by atoms with Gasteiger partial charge in [0, 0.05) is 5.92 Å². The van der Waals surface area contributed by atoms with Gasteiger partial charge in [-0.3, -0.25) is 0 Å². The summed E-state index contributed by atoms with van der Waals surface area (Å²) >= 11 is 0. The zero-order valence-electron chi connectivity index (χ0n) is 7.29. The van der Waals surface area contributed by atoms with Crippen molar-refractivity contribution in [2.24, 2.45) is 11.8 Å². The fourth-order valence-corrected chi connectivity index (χ4v) is 2.71. The largest absolute Gasteiger partial charge is 0.448 e. The highest BCUT2D eigenvalue weighted by Crippen LogP contribution is 2.62. The number of fused-ring (bicyclic) bond motifs is 1. The van der Waals surface area contributed by atoms with Crippen LogP contribution in [-0.2, 0) is 0 Å². The van der Waals surface area contributed by atoms with E-state index in [0.29, 0.717) is 5.92 Å². The molecule has 0 amide bonds. The third-order valence-electron chi connectivity index (χ3n) is 3.33. The molecule has 2 saturated carbocycles. The van der Waals surface area contributed by atoms with Crippen molar-refractivity contribution in [3.05, 3.63) is 17.8 Å². The lowest BCUT2D eigenvalue weighted by atomic mass is 10.1. The second-order valence-corrected chi connectivity index (χ2v) is 4.11. The molecule has 2 heteroatoms. The van der Waals surface area contributed by atoms with Gasteiger partial charge in [0.25, 0.3) is 0 Å². The first-order valence-corrected chi connectivity index (χ1v) is 4.78. The van der Waals surface area contributed by atoms with E-state index in [4.69, 9.17) is 4.42 Å². The van der Waals surface area contributed by atoms with Crippen molar-refractivity contribution in [3.63, 3.8) is 0 Å². The topological polar surface area (TPSA) is 26.0 Å². The molecular formula is C10H13NO. The van der Waals surface area contributed by atoms with Crippen LogP contribution in [0.15, 0.2) is 10.7 Å². The molecule has 0 spiro atoms. The monoisotopic (exact) mass is 163 g/mol. The van der Waals surface area contributed by atoms with Gasteiger partial charge in [-0.25, -0.2) is 4.98 Å². The summed E-state index contributed by atoms with van der Waals surface area (Å²) in [5.41, 5.74) is 1.02. The van der Waals surface area contributed by atoms with Gasteiger partial charge < -0.3 is 4.42 Å². The predicted molar refractivity (Wildman–Crippen MR) is 44.8 cm³/mol. The Morgan fingerprint density at radius 3 is 2.75 bits per heavy atom. The molecule has 2 fully saturated rings. The third kappa shape index (κ3) is 0.780. The van der Waals surface area contributed by atoms with Crippen molar-refractivity contribution in [2.75, 3.05) is 0 Å². The molecule has 1 aromatic rings. The Hall–Kier alpha value is -0.790. The van der Waals surface area contributed by atoms with Gasteiger partial charge in [-0.2, -0.15) is 0 Å². The summed E-state index contributed by atoms with van der Waals surface area (Å²) in [4.78, 5) is 4.39. The molecule has 64 valence electrons. The number of aromatic nitrogens is 1. The highest BCUT2D eigenvalue weighted by atomic mass is 16.3. The average molecular weight is 163 g/mol. The van der Waals surface area contributed by atoms with Crippen LogP contribution in [0.2, 0.25) is 0 Å².